The molecule has 0 saturated heterocycles. The molecule has 1 amide bonds. The van der Waals surface area contributed by atoms with E-state index in [-0.39, 0.29) is 41.4 Å². The SMILES string of the molecule is CC(=O)OCC(NC(=O)c1ccccc1)=C1CC[C@H]2[C@@H]3CC=C4C[C@@H](OC(C)=O)CC[C@]4(C)[C@H]3CC[C@]12C. The van der Waals surface area contributed by atoms with Gasteiger partial charge in [-0.05, 0) is 91.2 Å². The monoisotopic (exact) mass is 519 g/mol. The number of benzene rings is 1. The number of hydrogen-bond acceptors (Lipinski definition) is 5. The zero-order valence-corrected chi connectivity index (χ0v) is 23.2. The standard InChI is InChI=1S/C32H41NO5/c1-20(34)37-19-29(33-30(36)22-8-6-5-7-9-22)28-13-12-26-25-11-10-23-18-24(38-21(2)35)14-16-31(23,3)27(25)15-17-32(26,28)4/h5-10,24-27H,11-19H2,1-4H3,(H,33,36)/t24-,25-,26-,27-,31-,32-/m0/s1. The van der Waals surface area contributed by atoms with Gasteiger partial charge in [-0.25, -0.2) is 0 Å². The molecule has 204 valence electrons. The molecule has 4 aliphatic carbocycles. The van der Waals surface area contributed by atoms with Gasteiger partial charge in [-0.1, -0.05) is 43.7 Å². The molecule has 0 bridgehead atoms. The quantitative estimate of drug-likeness (QED) is 0.374. The topological polar surface area (TPSA) is 81.7 Å². The van der Waals surface area contributed by atoms with Crippen LogP contribution in [0.2, 0.25) is 0 Å². The first-order chi connectivity index (χ1) is 18.1. The lowest BCUT2D eigenvalue weighted by atomic mass is 9.48. The smallest absolute Gasteiger partial charge is 0.303 e. The Labute approximate surface area is 226 Å². The molecule has 1 aromatic carbocycles. The fourth-order valence-corrected chi connectivity index (χ4v) is 8.44. The first-order valence-corrected chi connectivity index (χ1v) is 14.2. The zero-order valence-electron chi connectivity index (χ0n) is 23.2. The summed E-state index contributed by atoms with van der Waals surface area (Å²) in [5, 5.41) is 3.14. The van der Waals surface area contributed by atoms with Crippen molar-refractivity contribution >= 4 is 17.8 Å². The number of hydrogen-bond donors (Lipinski definition) is 1. The van der Waals surface area contributed by atoms with E-state index in [0.29, 0.717) is 23.3 Å². The van der Waals surface area contributed by atoms with E-state index in [0.717, 1.165) is 57.1 Å². The molecule has 0 heterocycles. The number of allylic oxidation sites excluding steroid dienone is 2. The maximum atomic E-state index is 13.1. The van der Waals surface area contributed by atoms with E-state index in [9.17, 15) is 14.4 Å². The Balaban J connectivity index is 1.41. The normalized spacial score (nSPS) is 35.1. The molecule has 5 rings (SSSR count). The number of carbonyl (C=O) groups excluding carboxylic acids is 3. The molecule has 6 nitrogen and oxygen atoms in total. The summed E-state index contributed by atoms with van der Waals surface area (Å²) in [5.74, 6) is 1.04. The van der Waals surface area contributed by atoms with Gasteiger partial charge in [0.2, 0.25) is 0 Å². The number of amides is 1. The molecule has 0 unspecified atom stereocenters. The van der Waals surface area contributed by atoms with Crippen LogP contribution in [0.4, 0.5) is 0 Å². The molecule has 6 heteroatoms. The van der Waals surface area contributed by atoms with Crippen molar-refractivity contribution in [3.8, 4) is 0 Å². The van der Waals surface area contributed by atoms with Gasteiger partial charge in [-0.15, -0.1) is 0 Å². The average Bonchev–Trinajstić information content (AvgIpc) is 3.24. The number of ether oxygens (including phenoxy) is 2. The van der Waals surface area contributed by atoms with E-state index >= 15 is 0 Å². The van der Waals surface area contributed by atoms with Crippen LogP contribution in [-0.4, -0.2) is 30.6 Å². The summed E-state index contributed by atoms with van der Waals surface area (Å²) in [7, 11) is 0. The largest absolute Gasteiger partial charge is 0.462 e. The predicted molar refractivity (Wildman–Crippen MR) is 145 cm³/mol. The Morgan fingerprint density at radius 2 is 1.66 bits per heavy atom. The lowest BCUT2D eigenvalue weighted by molar-refractivity contribution is -0.148. The van der Waals surface area contributed by atoms with Crippen molar-refractivity contribution in [2.75, 3.05) is 6.61 Å². The Morgan fingerprint density at radius 1 is 0.947 bits per heavy atom. The lowest BCUT2D eigenvalue weighted by Gasteiger charge is -2.57. The number of nitrogens with one attached hydrogen (secondary N) is 1. The van der Waals surface area contributed by atoms with E-state index in [1.165, 1.54) is 25.0 Å². The molecule has 0 radical (unpaired) electrons. The van der Waals surface area contributed by atoms with E-state index in [1.54, 1.807) is 12.1 Å². The van der Waals surface area contributed by atoms with Crippen molar-refractivity contribution in [1.82, 2.24) is 5.32 Å². The van der Waals surface area contributed by atoms with Crippen LogP contribution in [0.25, 0.3) is 0 Å². The molecule has 3 saturated carbocycles. The number of carbonyl (C=O) groups is 3. The van der Waals surface area contributed by atoms with Crippen LogP contribution in [0.15, 0.2) is 53.3 Å². The zero-order chi connectivity index (χ0) is 27.1. The summed E-state index contributed by atoms with van der Waals surface area (Å²) < 4.78 is 11.0. The highest BCUT2D eigenvalue weighted by Crippen LogP contribution is 2.66. The molecule has 0 aliphatic heterocycles. The molecule has 4 aliphatic rings. The number of fused-ring (bicyclic) bond motifs is 5. The van der Waals surface area contributed by atoms with Crippen molar-refractivity contribution in [3.05, 3.63) is 58.8 Å². The van der Waals surface area contributed by atoms with Gasteiger partial charge in [0.15, 0.2) is 0 Å². The van der Waals surface area contributed by atoms with E-state index in [2.05, 4.69) is 25.2 Å². The van der Waals surface area contributed by atoms with Crippen LogP contribution in [0.5, 0.6) is 0 Å². The van der Waals surface area contributed by atoms with Gasteiger partial charge in [0.1, 0.15) is 12.7 Å². The van der Waals surface area contributed by atoms with Crippen molar-refractivity contribution in [3.63, 3.8) is 0 Å². The number of rotatable bonds is 5. The van der Waals surface area contributed by atoms with Gasteiger partial charge in [0.25, 0.3) is 5.91 Å². The second-order valence-corrected chi connectivity index (χ2v) is 12.3. The third kappa shape index (κ3) is 4.83. The average molecular weight is 520 g/mol. The highest BCUT2D eigenvalue weighted by atomic mass is 16.5. The van der Waals surface area contributed by atoms with Crippen molar-refractivity contribution in [1.29, 1.82) is 0 Å². The molecule has 0 aromatic heterocycles. The van der Waals surface area contributed by atoms with Crippen molar-refractivity contribution < 1.29 is 23.9 Å². The maximum absolute atomic E-state index is 13.1. The molecular formula is C32H41NO5. The minimum atomic E-state index is -0.345. The summed E-state index contributed by atoms with van der Waals surface area (Å²) >= 11 is 0. The summed E-state index contributed by atoms with van der Waals surface area (Å²) in [6.07, 6.45) is 10.6. The van der Waals surface area contributed by atoms with E-state index in [1.807, 2.05) is 18.2 Å². The van der Waals surface area contributed by atoms with Crippen molar-refractivity contribution in [2.24, 2.45) is 28.6 Å². The summed E-state index contributed by atoms with van der Waals surface area (Å²) in [6, 6.07) is 9.21. The Hall–Kier alpha value is -2.89. The molecule has 0 spiro atoms. The Bertz CT molecular complexity index is 1170. The fourth-order valence-electron chi connectivity index (χ4n) is 8.44. The van der Waals surface area contributed by atoms with E-state index < -0.39 is 0 Å². The minimum absolute atomic E-state index is 0.00954. The van der Waals surface area contributed by atoms with Crippen LogP contribution in [0.3, 0.4) is 0 Å². The molecule has 6 atom stereocenters. The fraction of sp³-hybridized carbons (Fsp3) is 0.594. The van der Waals surface area contributed by atoms with Crippen LogP contribution >= 0.6 is 0 Å². The summed E-state index contributed by atoms with van der Waals surface area (Å²) in [4.78, 5) is 36.4. The van der Waals surface area contributed by atoms with Gasteiger partial charge in [-0.3, -0.25) is 14.4 Å². The van der Waals surface area contributed by atoms with Crippen LogP contribution in [0, 0.1) is 28.6 Å². The Morgan fingerprint density at radius 3 is 2.37 bits per heavy atom. The number of esters is 2. The highest BCUT2D eigenvalue weighted by Gasteiger charge is 2.58. The predicted octanol–water partition coefficient (Wildman–Crippen LogP) is 6.13. The maximum Gasteiger partial charge on any atom is 0.303 e. The molecule has 3 fully saturated rings. The van der Waals surface area contributed by atoms with Gasteiger partial charge >= 0.3 is 11.9 Å². The third-order valence-corrected chi connectivity index (χ3v) is 10.3. The van der Waals surface area contributed by atoms with Crippen molar-refractivity contribution in [2.45, 2.75) is 85.2 Å². The molecule has 38 heavy (non-hydrogen) atoms. The van der Waals surface area contributed by atoms with Gasteiger partial charge in [0, 0.05) is 25.8 Å². The van der Waals surface area contributed by atoms with Crippen LogP contribution in [-0.2, 0) is 19.1 Å². The highest BCUT2D eigenvalue weighted by molar-refractivity contribution is 5.95. The molecular weight excluding hydrogens is 478 g/mol. The minimum Gasteiger partial charge on any atom is -0.462 e. The lowest BCUT2D eigenvalue weighted by Crippen LogP contribution is -2.50. The first-order valence-electron chi connectivity index (χ1n) is 14.2. The summed E-state index contributed by atoms with van der Waals surface area (Å²) in [6.45, 7) is 7.83. The third-order valence-electron chi connectivity index (χ3n) is 10.3. The van der Waals surface area contributed by atoms with E-state index in [4.69, 9.17) is 9.47 Å². The van der Waals surface area contributed by atoms with Gasteiger partial charge < -0.3 is 14.8 Å². The Kier molecular flexibility index (Phi) is 7.27. The molecule has 1 N–H and O–H groups in total. The van der Waals surface area contributed by atoms with Gasteiger partial charge in [-0.2, -0.15) is 0 Å². The second-order valence-electron chi connectivity index (χ2n) is 12.3. The molecule has 1 aromatic rings. The summed E-state index contributed by atoms with van der Waals surface area (Å²) in [5.41, 5.74) is 4.23. The second kappa shape index (κ2) is 10.3. The van der Waals surface area contributed by atoms with Gasteiger partial charge in [0.05, 0.1) is 5.70 Å². The van der Waals surface area contributed by atoms with Crippen LogP contribution < -0.4 is 5.32 Å². The van der Waals surface area contributed by atoms with Crippen LogP contribution in [0.1, 0.15) is 89.4 Å². The first kappa shape index (κ1) is 26.7.